The van der Waals surface area contributed by atoms with E-state index in [9.17, 15) is 0 Å². The van der Waals surface area contributed by atoms with Crippen molar-refractivity contribution in [3.63, 3.8) is 0 Å². The van der Waals surface area contributed by atoms with E-state index in [1.807, 2.05) is 42.2 Å². The molecule has 0 aliphatic heterocycles. The number of hydrogen-bond donors (Lipinski definition) is 1. The third-order valence-corrected chi connectivity index (χ3v) is 2.64. The van der Waals surface area contributed by atoms with Crippen molar-refractivity contribution in [2.75, 3.05) is 6.61 Å². The molecule has 1 aromatic heterocycles. The lowest BCUT2D eigenvalue weighted by Gasteiger charge is -2.16. The maximum absolute atomic E-state index is 9.12. The summed E-state index contributed by atoms with van der Waals surface area (Å²) in [6.45, 7) is 2.18. The zero-order valence-electron chi connectivity index (χ0n) is 9.37. The molecule has 0 bridgehead atoms. The van der Waals surface area contributed by atoms with Crippen LogP contribution in [0.2, 0.25) is 0 Å². The van der Waals surface area contributed by atoms with Gasteiger partial charge < -0.3 is 5.11 Å². The van der Waals surface area contributed by atoms with Gasteiger partial charge in [-0.15, -0.1) is 0 Å². The second-order valence-electron chi connectivity index (χ2n) is 3.94. The molecule has 3 nitrogen and oxygen atoms in total. The zero-order chi connectivity index (χ0) is 11.4. The predicted octanol–water partition coefficient (Wildman–Crippen LogP) is 2.16. The summed E-state index contributed by atoms with van der Waals surface area (Å²) in [7, 11) is 0. The van der Waals surface area contributed by atoms with Gasteiger partial charge in [0.1, 0.15) is 0 Å². The maximum atomic E-state index is 9.12. The van der Waals surface area contributed by atoms with Crippen LogP contribution in [0.3, 0.4) is 0 Å². The quantitative estimate of drug-likeness (QED) is 0.850. The van der Waals surface area contributed by atoms with Crippen molar-refractivity contribution < 1.29 is 5.11 Å². The minimum Gasteiger partial charge on any atom is -0.396 e. The summed E-state index contributed by atoms with van der Waals surface area (Å²) >= 11 is 0. The highest BCUT2D eigenvalue weighted by molar-refractivity contribution is 5.20. The molecule has 0 fully saturated rings. The Labute approximate surface area is 95.3 Å². The number of aromatic nitrogens is 2. The highest BCUT2D eigenvalue weighted by Crippen LogP contribution is 2.20. The topological polar surface area (TPSA) is 38.0 Å². The Bertz CT molecular complexity index is 436. The monoisotopic (exact) mass is 216 g/mol. The number of aliphatic hydroxyl groups is 1. The Balaban J connectivity index is 2.31. The van der Waals surface area contributed by atoms with Gasteiger partial charge in [-0.05, 0) is 24.5 Å². The Kier molecular flexibility index (Phi) is 3.37. The van der Waals surface area contributed by atoms with Gasteiger partial charge in [0.2, 0.25) is 0 Å². The van der Waals surface area contributed by atoms with Crippen LogP contribution in [0.5, 0.6) is 0 Å². The van der Waals surface area contributed by atoms with Gasteiger partial charge in [-0.25, -0.2) is 0 Å². The minimum absolute atomic E-state index is 0.125. The third kappa shape index (κ3) is 2.31. The molecule has 0 saturated heterocycles. The molecule has 0 radical (unpaired) electrons. The van der Waals surface area contributed by atoms with Gasteiger partial charge in [-0.2, -0.15) is 5.10 Å². The maximum Gasteiger partial charge on any atom is 0.0790 e. The molecule has 0 aliphatic rings. The summed E-state index contributed by atoms with van der Waals surface area (Å²) in [5.41, 5.74) is 2.32. The van der Waals surface area contributed by atoms with Crippen LogP contribution in [-0.2, 0) is 0 Å². The minimum atomic E-state index is 0.125. The van der Waals surface area contributed by atoms with Crippen molar-refractivity contribution in [3.05, 3.63) is 53.9 Å². The first-order chi connectivity index (χ1) is 7.81. The van der Waals surface area contributed by atoms with Crippen LogP contribution in [-0.4, -0.2) is 21.5 Å². The summed E-state index contributed by atoms with van der Waals surface area (Å²) in [5, 5.41) is 13.4. The number of benzene rings is 1. The molecular formula is C13H16N2O. The fourth-order valence-corrected chi connectivity index (χ4v) is 1.85. The van der Waals surface area contributed by atoms with Crippen LogP contribution >= 0.6 is 0 Å². The van der Waals surface area contributed by atoms with Gasteiger partial charge in [0.25, 0.3) is 0 Å². The fraction of sp³-hybridized carbons (Fsp3) is 0.308. The lowest BCUT2D eigenvalue weighted by Crippen LogP contribution is -2.12. The lowest BCUT2D eigenvalue weighted by atomic mass is 10.0. The molecule has 1 N–H and O–H groups in total. The molecule has 1 heterocycles. The largest absolute Gasteiger partial charge is 0.396 e. The van der Waals surface area contributed by atoms with Crippen LogP contribution < -0.4 is 0 Å². The number of aliphatic hydroxyl groups excluding tert-OH is 1. The average molecular weight is 216 g/mol. The van der Waals surface area contributed by atoms with Gasteiger partial charge in [-0.1, -0.05) is 30.3 Å². The fourth-order valence-electron chi connectivity index (χ4n) is 1.85. The summed E-state index contributed by atoms with van der Waals surface area (Å²) in [5.74, 6) is 0. The molecule has 16 heavy (non-hydrogen) atoms. The molecule has 1 aromatic carbocycles. The Hall–Kier alpha value is -1.61. The van der Waals surface area contributed by atoms with Crippen molar-refractivity contribution in [1.82, 2.24) is 9.78 Å². The number of nitrogens with zero attached hydrogens (tertiary/aromatic N) is 2. The normalized spacial score (nSPS) is 12.6. The molecule has 0 spiro atoms. The van der Waals surface area contributed by atoms with Crippen molar-refractivity contribution in [1.29, 1.82) is 0 Å². The SMILES string of the molecule is Cc1cnn(C(CCO)c2ccccc2)c1. The Morgan fingerprint density at radius 3 is 2.62 bits per heavy atom. The molecule has 2 rings (SSSR count). The van der Waals surface area contributed by atoms with Crippen LogP contribution in [0.25, 0.3) is 0 Å². The van der Waals surface area contributed by atoms with E-state index < -0.39 is 0 Å². The second-order valence-corrected chi connectivity index (χ2v) is 3.94. The molecule has 0 aliphatic carbocycles. The van der Waals surface area contributed by atoms with E-state index in [0.717, 1.165) is 5.56 Å². The molecule has 84 valence electrons. The van der Waals surface area contributed by atoms with E-state index in [4.69, 9.17) is 5.11 Å². The summed E-state index contributed by atoms with van der Waals surface area (Å²) in [4.78, 5) is 0. The van der Waals surface area contributed by atoms with Crippen LogP contribution in [0.15, 0.2) is 42.7 Å². The molecule has 1 atom stereocenters. The van der Waals surface area contributed by atoms with E-state index in [2.05, 4.69) is 17.2 Å². The standard InChI is InChI=1S/C13H16N2O/c1-11-9-14-15(10-11)13(7-8-16)12-5-3-2-4-6-12/h2-6,9-10,13,16H,7-8H2,1H3. The molecular weight excluding hydrogens is 200 g/mol. The van der Waals surface area contributed by atoms with E-state index >= 15 is 0 Å². The van der Waals surface area contributed by atoms with E-state index in [0.29, 0.717) is 6.42 Å². The van der Waals surface area contributed by atoms with Crippen LogP contribution in [0, 0.1) is 6.92 Å². The van der Waals surface area contributed by atoms with Crippen molar-refractivity contribution in [2.24, 2.45) is 0 Å². The highest BCUT2D eigenvalue weighted by atomic mass is 16.3. The Morgan fingerprint density at radius 1 is 1.31 bits per heavy atom. The molecule has 0 saturated carbocycles. The molecule has 2 aromatic rings. The van der Waals surface area contributed by atoms with Gasteiger partial charge in [0.05, 0.1) is 12.2 Å². The Morgan fingerprint density at radius 2 is 2.06 bits per heavy atom. The average Bonchev–Trinajstić information content (AvgIpc) is 2.74. The van der Waals surface area contributed by atoms with Crippen LogP contribution in [0.4, 0.5) is 0 Å². The smallest absolute Gasteiger partial charge is 0.0790 e. The highest BCUT2D eigenvalue weighted by Gasteiger charge is 2.13. The number of hydrogen-bond acceptors (Lipinski definition) is 2. The van der Waals surface area contributed by atoms with Crippen molar-refractivity contribution in [3.8, 4) is 0 Å². The van der Waals surface area contributed by atoms with Crippen molar-refractivity contribution >= 4 is 0 Å². The first-order valence-electron chi connectivity index (χ1n) is 5.48. The summed E-state index contributed by atoms with van der Waals surface area (Å²) < 4.78 is 1.92. The first-order valence-corrected chi connectivity index (χ1v) is 5.48. The molecule has 0 amide bonds. The second kappa shape index (κ2) is 4.94. The van der Waals surface area contributed by atoms with E-state index in [-0.39, 0.29) is 12.6 Å². The van der Waals surface area contributed by atoms with Crippen LogP contribution in [0.1, 0.15) is 23.6 Å². The van der Waals surface area contributed by atoms with E-state index in [1.54, 1.807) is 0 Å². The van der Waals surface area contributed by atoms with Gasteiger partial charge in [0, 0.05) is 12.8 Å². The predicted molar refractivity (Wildman–Crippen MR) is 63.2 cm³/mol. The molecule has 3 heteroatoms. The van der Waals surface area contributed by atoms with Crippen molar-refractivity contribution in [2.45, 2.75) is 19.4 Å². The lowest BCUT2D eigenvalue weighted by molar-refractivity contribution is 0.263. The summed E-state index contributed by atoms with van der Waals surface area (Å²) in [6.07, 6.45) is 4.53. The van der Waals surface area contributed by atoms with Gasteiger partial charge >= 0.3 is 0 Å². The number of aryl methyl sites for hydroxylation is 1. The first kappa shape index (κ1) is 10.9. The zero-order valence-corrected chi connectivity index (χ0v) is 9.37. The van der Waals surface area contributed by atoms with Gasteiger partial charge in [0.15, 0.2) is 0 Å². The molecule has 1 unspecified atom stereocenters. The van der Waals surface area contributed by atoms with Gasteiger partial charge in [-0.3, -0.25) is 4.68 Å². The summed E-state index contributed by atoms with van der Waals surface area (Å²) in [6, 6.07) is 10.3. The third-order valence-electron chi connectivity index (χ3n) is 2.64. The number of rotatable bonds is 4. The van der Waals surface area contributed by atoms with E-state index in [1.165, 1.54) is 5.56 Å².